The Labute approximate surface area is 96.8 Å². The van der Waals surface area contributed by atoms with Crippen molar-refractivity contribution in [1.82, 2.24) is 10.0 Å². The molecular weight excluding hydrogens is 232 g/mol. The first-order valence-corrected chi connectivity index (χ1v) is 6.89. The van der Waals surface area contributed by atoms with Gasteiger partial charge in [0.1, 0.15) is 0 Å². The molecule has 16 heavy (non-hydrogen) atoms. The summed E-state index contributed by atoms with van der Waals surface area (Å²) >= 11 is 0. The molecule has 7 heteroatoms. The minimum atomic E-state index is -3.48. The number of hydrogen-bond donors (Lipinski definition) is 2. The van der Waals surface area contributed by atoms with Gasteiger partial charge in [0.25, 0.3) is 0 Å². The van der Waals surface area contributed by atoms with E-state index in [2.05, 4.69) is 5.32 Å². The van der Waals surface area contributed by atoms with Crippen LogP contribution in [0.2, 0.25) is 0 Å². The van der Waals surface area contributed by atoms with Crippen LogP contribution in [0.25, 0.3) is 0 Å². The number of amides is 2. The number of sulfonamides is 1. The smallest absolute Gasteiger partial charge is 0.328 e. The van der Waals surface area contributed by atoms with E-state index in [0.29, 0.717) is 19.6 Å². The van der Waals surface area contributed by atoms with E-state index in [-0.39, 0.29) is 5.60 Å². The van der Waals surface area contributed by atoms with Crippen molar-refractivity contribution in [2.75, 3.05) is 19.4 Å². The lowest BCUT2D eigenvalue weighted by atomic mass is 10.2. The zero-order valence-corrected chi connectivity index (χ0v) is 11.0. The third-order valence-corrected chi connectivity index (χ3v) is 1.98. The molecule has 6 nitrogen and oxygen atoms in total. The highest BCUT2D eigenvalue weighted by atomic mass is 32.2. The molecule has 0 saturated heterocycles. The second-order valence-electron chi connectivity index (χ2n) is 4.44. The summed E-state index contributed by atoms with van der Waals surface area (Å²) in [5.74, 6) is 0. The van der Waals surface area contributed by atoms with Crippen molar-refractivity contribution in [3.8, 4) is 0 Å². The van der Waals surface area contributed by atoms with Gasteiger partial charge < -0.3 is 10.1 Å². The summed E-state index contributed by atoms with van der Waals surface area (Å²) in [6.45, 7) is 6.71. The van der Waals surface area contributed by atoms with E-state index in [9.17, 15) is 13.2 Å². The fraction of sp³-hybridized carbons (Fsp3) is 0.889. The van der Waals surface area contributed by atoms with Crippen molar-refractivity contribution in [1.29, 1.82) is 0 Å². The van der Waals surface area contributed by atoms with Crippen LogP contribution in [0.5, 0.6) is 0 Å². The van der Waals surface area contributed by atoms with Gasteiger partial charge in [0.2, 0.25) is 10.0 Å². The number of hydrogen-bond acceptors (Lipinski definition) is 4. The molecule has 2 amide bonds. The largest absolute Gasteiger partial charge is 0.376 e. The van der Waals surface area contributed by atoms with Crippen LogP contribution in [0.1, 0.15) is 27.2 Å². The number of nitrogens with one attached hydrogen (secondary N) is 2. The Morgan fingerprint density at radius 3 is 2.31 bits per heavy atom. The molecule has 0 unspecified atom stereocenters. The first-order valence-electron chi connectivity index (χ1n) is 5.00. The van der Waals surface area contributed by atoms with Gasteiger partial charge in [-0.2, -0.15) is 0 Å². The minimum Gasteiger partial charge on any atom is -0.376 e. The third kappa shape index (κ3) is 11.3. The highest BCUT2D eigenvalue weighted by Crippen LogP contribution is 2.06. The molecule has 0 aliphatic heterocycles. The van der Waals surface area contributed by atoms with E-state index in [1.165, 1.54) is 0 Å². The summed E-state index contributed by atoms with van der Waals surface area (Å²) in [5, 5.41) is 2.42. The van der Waals surface area contributed by atoms with Gasteiger partial charge in [-0.15, -0.1) is 0 Å². The Hall–Kier alpha value is -0.820. The Kier molecular flexibility index (Phi) is 5.74. The molecule has 0 rings (SSSR count). The van der Waals surface area contributed by atoms with Gasteiger partial charge in [-0.1, -0.05) is 0 Å². The van der Waals surface area contributed by atoms with E-state index < -0.39 is 16.1 Å². The molecule has 0 fully saturated rings. The summed E-state index contributed by atoms with van der Waals surface area (Å²) in [7, 11) is -3.48. The van der Waals surface area contributed by atoms with Gasteiger partial charge in [-0.25, -0.2) is 17.9 Å². The van der Waals surface area contributed by atoms with E-state index in [0.717, 1.165) is 6.26 Å². The predicted octanol–water partition coefficient (Wildman–Crippen LogP) is 0.450. The quantitative estimate of drug-likeness (QED) is 0.696. The summed E-state index contributed by atoms with van der Waals surface area (Å²) in [4.78, 5) is 11.0. The first kappa shape index (κ1) is 15.2. The van der Waals surface area contributed by atoms with Crippen LogP contribution in [-0.2, 0) is 14.8 Å². The number of ether oxygens (including phenoxy) is 1. The minimum absolute atomic E-state index is 0.199. The molecule has 0 saturated carbocycles. The summed E-state index contributed by atoms with van der Waals surface area (Å²) in [5.41, 5.74) is -0.199. The lowest BCUT2D eigenvalue weighted by Gasteiger charge is -2.19. The van der Waals surface area contributed by atoms with Crippen LogP contribution in [0.15, 0.2) is 0 Å². The van der Waals surface area contributed by atoms with Crippen molar-refractivity contribution in [2.24, 2.45) is 0 Å². The van der Waals surface area contributed by atoms with Crippen LogP contribution in [0.3, 0.4) is 0 Å². The molecule has 0 aromatic carbocycles. The van der Waals surface area contributed by atoms with Crippen molar-refractivity contribution < 1.29 is 17.9 Å². The van der Waals surface area contributed by atoms with Crippen molar-refractivity contribution in [3.05, 3.63) is 0 Å². The van der Waals surface area contributed by atoms with Crippen LogP contribution < -0.4 is 10.0 Å². The van der Waals surface area contributed by atoms with Crippen molar-refractivity contribution in [2.45, 2.75) is 32.8 Å². The van der Waals surface area contributed by atoms with Gasteiger partial charge >= 0.3 is 6.03 Å². The van der Waals surface area contributed by atoms with Crippen molar-refractivity contribution in [3.63, 3.8) is 0 Å². The fourth-order valence-corrected chi connectivity index (χ4v) is 1.27. The monoisotopic (exact) mass is 252 g/mol. The maximum atomic E-state index is 11.0. The Morgan fingerprint density at radius 2 is 1.88 bits per heavy atom. The number of rotatable bonds is 5. The molecule has 0 radical (unpaired) electrons. The number of carbonyl (C=O) groups is 1. The molecule has 0 aromatic heterocycles. The molecular formula is C9H20N2O4S. The van der Waals surface area contributed by atoms with Crippen molar-refractivity contribution >= 4 is 16.1 Å². The lowest BCUT2D eigenvalue weighted by Crippen LogP contribution is -2.39. The van der Waals surface area contributed by atoms with E-state index >= 15 is 0 Å². The topological polar surface area (TPSA) is 84.5 Å². The third-order valence-electron chi connectivity index (χ3n) is 1.42. The predicted molar refractivity (Wildman–Crippen MR) is 61.7 cm³/mol. The molecule has 0 aliphatic carbocycles. The van der Waals surface area contributed by atoms with E-state index in [1.54, 1.807) is 0 Å². The lowest BCUT2D eigenvalue weighted by molar-refractivity contribution is -0.00352. The highest BCUT2D eigenvalue weighted by molar-refractivity contribution is 7.89. The Bertz CT molecular complexity index is 319. The molecule has 0 bridgehead atoms. The molecule has 0 aromatic rings. The maximum Gasteiger partial charge on any atom is 0.328 e. The van der Waals surface area contributed by atoms with Gasteiger partial charge in [0.15, 0.2) is 0 Å². The molecule has 96 valence electrons. The van der Waals surface area contributed by atoms with E-state index in [1.807, 2.05) is 25.5 Å². The molecule has 0 atom stereocenters. The zero-order valence-electron chi connectivity index (χ0n) is 10.2. The molecule has 0 spiro atoms. The maximum absolute atomic E-state index is 11.0. The van der Waals surface area contributed by atoms with Gasteiger partial charge in [-0.05, 0) is 27.2 Å². The van der Waals surface area contributed by atoms with Gasteiger partial charge in [-0.3, -0.25) is 0 Å². The first-order chi connectivity index (χ1) is 7.10. The van der Waals surface area contributed by atoms with Crippen LogP contribution >= 0.6 is 0 Å². The highest BCUT2D eigenvalue weighted by Gasteiger charge is 2.10. The Balaban J connectivity index is 3.57. The SMILES string of the molecule is CC(C)(C)OCCCNC(=O)NS(C)(=O)=O. The Morgan fingerprint density at radius 1 is 1.31 bits per heavy atom. The normalized spacial score (nSPS) is 12.2. The molecule has 2 N–H and O–H groups in total. The average Bonchev–Trinajstić information content (AvgIpc) is 1.97. The van der Waals surface area contributed by atoms with E-state index in [4.69, 9.17) is 4.74 Å². The summed E-state index contributed by atoms with van der Waals surface area (Å²) < 4.78 is 28.6. The zero-order chi connectivity index (χ0) is 12.8. The van der Waals surface area contributed by atoms with Crippen LogP contribution in [0, 0.1) is 0 Å². The fourth-order valence-electron chi connectivity index (χ4n) is 0.857. The van der Waals surface area contributed by atoms with Crippen LogP contribution in [-0.4, -0.2) is 39.5 Å². The number of urea groups is 1. The summed E-state index contributed by atoms with van der Waals surface area (Å²) in [6.07, 6.45) is 1.56. The second kappa shape index (κ2) is 6.05. The average molecular weight is 252 g/mol. The standard InChI is InChI=1S/C9H20N2O4S/c1-9(2,3)15-7-5-6-10-8(12)11-16(4,13)14/h5-7H2,1-4H3,(H2,10,11,12). The van der Waals surface area contributed by atoms with Crippen LogP contribution in [0.4, 0.5) is 4.79 Å². The van der Waals surface area contributed by atoms with Gasteiger partial charge in [0, 0.05) is 13.2 Å². The van der Waals surface area contributed by atoms with Gasteiger partial charge in [0.05, 0.1) is 11.9 Å². The summed E-state index contributed by atoms with van der Waals surface area (Å²) in [6, 6.07) is -0.710. The second-order valence-corrected chi connectivity index (χ2v) is 6.19. The number of carbonyl (C=O) groups excluding carboxylic acids is 1. The molecule has 0 aliphatic rings. The molecule has 0 heterocycles.